The number of ketones is 1. The van der Waals surface area contributed by atoms with E-state index in [0.29, 0.717) is 12.1 Å². The van der Waals surface area contributed by atoms with Crippen LogP contribution in [0.4, 0.5) is 0 Å². The van der Waals surface area contributed by atoms with E-state index in [0.717, 1.165) is 30.6 Å². The molecule has 1 aromatic heterocycles. The number of para-hydroxylation sites is 1. The molecule has 1 heterocycles. The summed E-state index contributed by atoms with van der Waals surface area (Å²) in [6.07, 6.45) is 3.53. The van der Waals surface area contributed by atoms with Gasteiger partial charge in [-0.3, -0.25) is 9.59 Å². The summed E-state index contributed by atoms with van der Waals surface area (Å²) in [6.45, 7) is 0.403. The van der Waals surface area contributed by atoms with Gasteiger partial charge in [-0.25, -0.2) is 4.68 Å². The minimum atomic E-state index is -0.120. The first kappa shape index (κ1) is 18.2. The minimum absolute atomic E-state index is 0.00926. The maximum Gasteiger partial charge on any atom is 0.220 e. The van der Waals surface area contributed by atoms with Gasteiger partial charge in [-0.15, -0.1) is 0 Å². The molecule has 142 valence electrons. The van der Waals surface area contributed by atoms with Crippen LogP contribution in [0.3, 0.4) is 0 Å². The maximum atomic E-state index is 12.2. The quantitative estimate of drug-likeness (QED) is 0.643. The highest BCUT2D eigenvalue weighted by atomic mass is 16.2. The van der Waals surface area contributed by atoms with Crippen LogP contribution in [0.15, 0.2) is 60.7 Å². The molecule has 0 saturated heterocycles. The van der Waals surface area contributed by atoms with Crippen molar-refractivity contribution in [3.05, 3.63) is 83.2 Å². The Morgan fingerprint density at radius 3 is 2.39 bits per heavy atom. The summed E-state index contributed by atoms with van der Waals surface area (Å²) in [4.78, 5) is 24.4. The highest BCUT2D eigenvalue weighted by Gasteiger charge is 2.23. The Bertz CT molecular complexity index is 978. The molecule has 5 heteroatoms. The molecule has 0 atom stereocenters. The predicted octanol–water partition coefficient (Wildman–Crippen LogP) is 3.64. The maximum absolute atomic E-state index is 12.2. The number of hydrogen-bond acceptors (Lipinski definition) is 3. The van der Waals surface area contributed by atoms with Crippen molar-refractivity contribution < 1.29 is 9.59 Å². The molecule has 1 N–H and O–H groups in total. The Morgan fingerprint density at radius 2 is 1.64 bits per heavy atom. The second-order valence-corrected chi connectivity index (χ2v) is 7.04. The third kappa shape index (κ3) is 3.88. The first-order valence-electron chi connectivity index (χ1n) is 9.72. The van der Waals surface area contributed by atoms with E-state index in [4.69, 9.17) is 5.10 Å². The molecule has 2 aromatic carbocycles. The monoisotopic (exact) mass is 373 g/mol. The number of Topliss-reactive ketones (excluding diaryl/α,β-unsaturated/α-hetero) is 1. The molecule has 0 aliphatic heterocycles. The van der Waals surface area contributed by atoms with E-state index in [1.807, 2.05) is 53.2 Å². The fourth-order valence-electron chi connectivity index (χ4n) is 3.70. The van der Waals surface area contributed by atoms with E-state index in [2.05, 4.69) is 5.32 Å². The highest BCUT2D eigenvalue weighted by molar-refractivity contribution is 5.97. The average molecular weight is 373 g/mol. The Balaban J connectivity index is 1.37. The Morgan fingerprint density at radius 1 is 0.929 bits per heavy atom. The zero-order valence-corrected chi connectivity index (χ0v) is 15.7. The third-order valence-corrected chi connectivity index (χ3v) is 5.14. The lowest BCUT2D eigenvalue weighted by Crippen LogP contribution is -2.24. The van der Waals surface area contributed by atoms with Crippen LogP contribution in [-0.2, 0) is 24.2 Å². The molecule has 0 fully saturated rings. The summed E-state index contributed by atoms with van der Waals surface area (Å²) < 4.78 is 2.00. The number of benzene rings is 2. The standard InChI is InChI=1S/C23H23N3O2/c27-22(17-8-3-1-4-9-17)14-15-23(28)24-16-20-19-12-7-13-21(19)26(25-20)18-10-5-2-6-11-18/h1-6,8-11H,7,12-16H2,(H,24,28). The first-order chi connectivity index (χ1) is 13.7. The molecular weight excluding hydrogens is 350 g/mol. The molecule has 0 bridgehead atoms. The molecule has 28 heavy (non-hydrogen) atoms. The summed E-state index contributed by atoms with van der Waals surface area (Å²) in [7, 11) is 0. The number of nitrogens with one attached hydrogen (secondary N) is 1. The highest BCUT2D eigenvalue weighted by Crippen LogP contribution is 2.27. The summed E-state index contributed by atoms with van der Waals surface area (Å²) in [5.74, 6) is -0.129. The summed E-state index contributed by atoms with van der Waals surface area (Å²) in [5, 5.41) is 7.69. The molecule has 0 spiro atoms. The van der Waals surface area contributed by atoms with Crippen LogP contribution in [0.5, 0.6) is 0 Å². The van der Waals surface area contributed by atoms with E-state index in [-0.39, 0.29) is 24.5 Å². The fourth-order valence-corrected chi connectivity index (χ4v) is 3.70. The summed E-state index contributed by atoms with van der Waals surface area (Å²) in [5.41, 5.74) is 5.12. The summed E-state index contributed by atoms with van der Waals surface area (Å²) in [6, 6.07) is 19.2. The van der Waals surface area contributed by atoms with Crippen molar-refractivity contribution in [1.29, 1.82) is 0 Å². The van der Waals surface area contributed by atoms with Crippen molar-refractivity contribution in [3.8, 4) is 5.69 Å². The van der Waals surface area contributed by atoms with Crippen molar-refractivity contribution in [3.63, 3.8) is 0 Å². The van der Waals surface area contributed by atoms with Crippen LogP contribution in [0.1, 0.15) is 46.6 Å². The van der Waals surface area contributed by atoms with Crippen LogP contribution in [0.25, 0.3) is 5.69 Å². The van der Waals surface area contributed by atoms with E-state index in [1.54, 1.807) is 12.1 Å². The molecule has 1 aliphatic carbocycles. The Labute approximate surface area is 164 Å². The lowest BCUT2D eigenvalue weighted by atomic mass is 10.1. The van der Waals surface area contributed by atoms with Crippen LogP contribution < -0.4 is 5.32 Å². The van der Waals surface area contributed by atoms with Crippen LogP contribution >= 0.6 is 0 Å². The normalized spacial score (nSPS) is 12.6. The number of carbonyl (C=O) groups excluding carboxylic acids is 2. The number of fused-ring (bicyclic) bond motifs is 1. The SMILES string of the molecule is O=C(CCC(=O)c1ccccc1)NCc1nn(-c2ccccc2)c2c1CCC2. The molecule has 0 saturated carbocycles. The van der Waals surface area contributed by atoms with Gasteiger partial charge >= 0.3 is 0 Å². The van der Waals surface area contributed by atoms with Crippen molar-refractivity contribution in [2.24, 2.45) is 0 Å². The van der Waals surface area contributed by atoms with Crippen molar-refractivity contribution in [1.82, 2.24) is 15.1 Å². The fraction of sp³-hybridized carbons (Fsp3) is 0.261. The van der Waals surface area contributed by atoms with Gasteiger partial charge in [0, 0.05) is 24.1 Å². The van der Waals surface area contributed by atoms with Gasteiger partial charge in [0.25, 0.3) is 0 Å². The zero-order valence-electron chi connectivity index (χ0n) is 15.7. The molecule has 0 unspecified atom stereocenters. The van der Waals surface area contributed by atoms with E-state index < -0.39 is 0 Å². The first-order valence-corrected chi connectivity index (χ1v) is 9.72. The van der Waals surface area contributed by atoms with Gasteiger partial charge in [0.1, 0.15) is 0 Å². The second-order valence-electron chi connectivity index (χ2n) is 7.04. The van der Waals surface area contributed by atoms with Crippen molar-refractivity contribution in [2.75, 3.05) is 0 Å². The van der Waals surface area contributed by atoms with Gasteiger partial charge in [-0.05, 0) is 37.0 Å². The lowest BCUT2D eigenvalue weighted by Gasteiger charge is -2.06. The number of amides is 1. The number of rotatable bonds is 7. The molecule has 1 amide bonds. The van der Waals surface area contributed by atoms with Gasteiger partial charge in [-0.2, -0.15) is 5.10 Å². The number of hydrogen-bond donors (Lipinski definition) is 1. The van der Waals surface area contributed by atoms with Gasteiger partial charge in [0.15, 0.2) is 5.78 Å². The topological polar surface area (TPSA) is 64.0 Å². The van der Waals surface area contributed by atoms with Crippen molar-refractivity contribution in [2.45, 2.75) is 38.6 Å². The van der Waals surface area contributed by atoms with Crippen LogP contribution in [-0.4, -0.2) is 21.5 Å². The molecule has 5 nitrogen and oxygen atoms in total. The lowest BCUT2D eigenvalue weighted by molar-refractivity contribution is -0.121. The molecule has 4 rings (SSSR count). The third-order valence-electron chi connectivity index (χ3n) is 5.14. The largest absolute Gasteiger partial charge is 0.350 e. The van der Waals surface area contributed by atoms with Crippen LogP contribution in [0, 0.1) is 0 Å². The predicted molar refractivity (Wildman–Crippen MR) is 107 cm³/mol. The Hall–Kier alpha value is -3.21. The van der Waals surface area contributed by atoms with Gasteiger partial charge < -0.3 is 5.32 Å². The van der Waals surface area contributed by atoms with Crippen LogP contribution in [0.2, 0.25) is 0 Å². The molecular formula is C23H23N3O2. The van der Waals surface area contributed by atoms with Crippen molar-refractivity contribution >= 4 is 11.7 Å². The average Bonchev–Trinajstić information content (AvgIpc) is 3.35. The van der Waals surface area contributed by atoms with Gasteiger partial charge in [-0.1, -0.05) is 48.5 Å². The number of nitrogens with zero attached hydrogens (tertiary/aromatic N) is 2. The zero-order chi connectivity index (χ0) is 19.3. The van der Waals surface area contributed by atoms with E-state index >= 15 is 0 Å². The number of carbonyl (C=O) groups is 2. The van der Waals surface area contributed by atoms with E-state index in [9.17, 15) is 9.59 Å². The van der Waals surface area contributed by atoms with Gasteiger partial charge in [0.05, 0.1) is 17.9 Å². The summed E-state index contributed by atoms with van der Waals surface area (Å²) >= 11 is 0. The number of aromatic nitrogens is 2. The Kier molecular flexibility index (Phi) is 5.33. The van der Waals surface area contributed by atoms with Gasteiger partial charge in [0.2, 0.25) is 5.91 Å². The smallest absolute Gasteiger partial charge is 0.220 e. The second kappa shape index (κ2) is 8.21. The molecule has 1 aliphatic rings. The minimum Gasteiger partial charge on any atom is -0.350 e. The molecule has 3 aromatic rings. The molecule has 0 radical (unpaired) electrons. The van der Waals surface area contributed by atoms with E-state index in [1.165, 1.54) is 11.3 Å².